The van der Waals surface area contributed by atoms with Gasteiger partial charge in [0.2, 0.25) is 5.95 Å². The van der Waals surface area contributed by atoms with Crippen LogP contribution >= 0.6 is 0 Å². The molecule has 7 heteroatoms. The molecule has 1 saturated carbocycles. The molecular formula is C23H23FN6. The van der Waals surface area contributed by atoms with Crippen LogP contribution in [-0.4, -0.2) is 25.8 Å². The fraction of sp³-hybridized carbons (Fsp3) is 0.261. The summed E-state index contributed by atoms with van der Waals surface area (Å²) in [7, 11) is 0. The third-order valence-corrected chi connectivity index (χ3v) is 5.40. The Balaban J connectivity index is 1.69. The van der Waals surface area contributed by atoms with Crippen molar-refractivity contribution >= 4 is 22.8 Å². The predicted molar refractivity (Wildman–Crippen MR) is 117 cm³/mol. The van der Waals surface area contributed by atoms with E-state index in [1.807, 2.05) is 0 Å². The molecule has 1 fully saturated rings. The monoisotopic (exact) mass is 402 g/mol. The minimum atomic E-state index is -0.310. The molecule has 0 aliphatic heterocycles. The van der Waals surface area contributed by atoms with Gasteiger partial charge in [-0.25, -0.2) is 14.1 Å². The number of anilines is 2. The fourth-order valence-electron chi connectivity index (χ4n) is 3.50. The van der Waals surface area contributed by atoms with Gasteiger partial charge < -0.3 is 11.1 Å². The molecule has 0 unspecified atom stereocenters. The van der Waals surface area contributed by atoms with Crippen LogP contribution in [0.3, 0.4) is 0 Å². The molecular weight excluding hydrogens is 379 g/mol. The molecule has 0 saturated heterocycles. The van der Waals surface area contributed by atoms with E-state index >= 15 is 0 Å². The highest BCUT2D eigenvalue weighted by Gasteiger charge is 2.24. The highest BCUT2D eigenvalue weighted by Crippen LogP contribution is 2.34. The van der Waals surface area contributed by atoms with Crippen LogP contribution in [0.5, 0.6) is 0 Å². The zero-order valence-electron chi connectivity index (χ0n) is 16.9. The first kappa shape index (κ1) is 18.5. The third-order valence-electron chi connectivity index (χ3n) is 5.40. The molecule has 30 heavy (non-hydrogen) atoms. The first-order valence-corrected chi connectivity index (χ1v) is 10.2. The maximum Gasteiger partial charge on any atom is 0.225 e. The maximum atomic E-state index is 13.4. The number of nitrogen functional groups attached to an aromatic ring is 1. The van der Waals surface area contributed by atoms with Crippen LogP contribution in [0, 0.1) is 5.82 Å². The summed E-state index contributed by atoms with van der Waals surface area (Å²) < 4.78 is 15.0. The van der Waals surface area contributed by atoms with Gasteiger partial charge >= 0.3 is 0 Å². The first-order valence-electron chi connectivity index (χ1n) is 10.2. The van der Waals surface area contributed by atoms with Gasteiger partial charge in [0, 0.05) is 11.6 Å². The summed E-state index contributed by atoms with van der Waals surface area (Å²) in [5.41, 5.74) is 10.6. The number of nitrogens with one attached hydrogen (secondary N) is 1. The van der Waals surface area contributed by atoms with Gasteiger partial charge in [0.1, 0.15) is 11.6 Å². The number of hydrogen-bond donors (Lipinski definition) is 2. The number of nitrogens with zero attached hydrogens (tertiary/aromatic N) is 4. The van der Waals surface area contributed by atoms with Crippen LogP contribution in [0.25, 0.3) is 28.0 Å². The zero-order valence-corrected chi connectivity index (χ0v) is 16.9. The lowest BCUT2D eigenvalue weighted by Gasteiger charge is -2.10. The summed E-state index contributed by atoms with van der Waals surface area (Å²) in [6.07, 6.45) is 2.23. The van der Waals surface area contributed by atoms with Crippen molar-refractivity contribution in [1.82, 2.24) is 19.7 Å². The van der Waals surface area contributed by atoms with E-state index in [4.69, 9.17) is 10.7 Å². The van der Waals surface area contributed by atoms with Gasteiger partial charge in [0.15, 0.2) is 5.65 Å². The largest absolute Gasteiger partial charge is 0.383 e. The van der Waals surface area contributed by atoms with Crippen LogP contribution < -0.4 is 11.1 Å². The van der Waals surface area contributed by atoms with Gasteiger partial charge in [-0.2, -0.15) is 4.98 Å². The standard InChI is InChI=1S/C23H23FN6/c1-13(2)14-3-5-15(6-4-14)20-19-21(25)30(18-11-7-16(24)8-12-18)29-22(19)28-23(27-20)26-17-9-10-17/h3-8,11-13,17H,9-10,25H2,1-2H3,(H,26,28,29). The molecule has 0 amide bonds. The maximum absolute atomic E-state index is 13.4. The lowest BCUT2D eigenvalue weighted by Crippen LogP contribution is -2.06. The van der Waals surface area contributed by atoms with E-state index < -0.39 is 0 Å². The molecule has 0 spiro atoms. The van der Waals surface area contributed by atoms with Gasteiger partial charge in [0.25, 0.3) is 0 Å². The SMILES string of the molecule is CC(C)c1ccc(-c2nc(NC3CC3)nc3nn(-c4ccc(F)cc4)c(N)c23)cc1. The number of halogens is 1. The van der Waals surface area contributed by atoms with Crippen LogP contribution in [-0.2, 0) is 0 Å². The summed E-state index contributed by atoms with van der Waals surface area (Å²) >= 11 is 0. The summed E-state index contributed by atoms with van der Waals surface area (Å²) in [4.78, 5) is 9.40. The average molecular weight is 402 g/mol. The second-order valence-corrected chi connectivity index (χ2v) is 8.06. The molecule has 4 aromatic rings. The molecule has 1 aliphatic rings. The quantitative estimate of drug-likeness (QED) is 0.496. The second-order valence-electron chi connectivity index (χ2n) is 8.06. The van der Waals surface area contributed by atoms with Gasteiger partial charge in [-0.1, -0.05) is 38.1 Å². The Kier molecular flexibility index (Phi) is 4.38. The number of nitrogens with two attached hydrogens (primary N) is 1. The van der Waals surface area contributed by atoms with Crippen molar-refractivity contribution in [1.29, 1.82) is 0 Å². The highest BCUT2D eigenvalue weighted by molar-refractivity contribution is 5.99. The average Bonchev–Trinajstić information content (AvgIpc) is 3.50. The normalized spacial score (nSPS) is 13.9. The van der Waals surface area contributed by atoms with Gasteiger partial charge in [-0.05, 0) is 48.6 Å². The minimum absolute atomic E-state index is 0.310. The van der Waals surface area contributed by atoms with Crippen molar-refractivity contribution in [2.75, 3.05) is 11.1 Å². The molecule has 0 radical (unpaired) electrons. The number of benzene rings is 2. The molecule has 0 atom stereocenters. The molecule has 3 N–H and O–H groups in total. The van der Waals surface area contributed by atoms with Crippen LogP contribution in [0.1, 0.15) is 38.2 Å². The summed E-state index contributed by atoms with van der Waals surface area (Å²) in [6.45, 7) is 4.33. The topological polar surface area (TPSA) is 81.7 Å². The molecule has 2 aromatic carbocycles. The van der Waals surface area contributed by atoms with E-state index in [9.17, 15) is 4.39 Å². The molecule has 2 aromatic heterocycles. The van der Waals surface area contributed by atoms with Gasteiger partial charge in [-0.3, -0.25) is 0 Å². The Hall–Kier alpha value is -3.48. The van der Waals surface area contributed by atoms with E-state index in [0.717, 1.165) is 24.1 Å². The van der Waals surface area contributed by atoms with E-state index in [1.165, 1.54) is 17.7 Å². The molecule has 1 aliphatic carbocycles. The minimum Gasteiger partial charge on any atom is -0.383 e. The first-order chi connectivity index (χ1) is 14.5. The number of hydrogen-bond acceptors (Lipinski definition) is 5. The smallest absolute Gasteiger partial charge is 0.225 e. The zero-order chi connectivity index (χ0) is 20.8. The Morgan fingerprint density at radius 2 is 1.73 bits per heavy atom. The van der Waals surface area contributed by atoms with Crippen LogP contribution in [0.4, 0.5) is 16.2 Å². The molecule has 0 bridgehead atoms. The van der Waals surface area contributed by atoms with E-state index in [2.05, 4.69) is 53.5 Å². The Morgan fingerprint density at radius 3 is 2.37 bits per heavy atom. The van der Waals surface area contributed by atoms with Crippen molar-refractivity contribution < 1.29 is 4.39 Å². The van der Waals surface area contributed by atoms with Crippen molar-refractivity contribution in [2.24, 2.45) is 0 Å². The van der Waals surface area contributed by atoms with Crippen molar-refractivity contribution in [3.8, 4) is 16.9 Å². The molecule has 2 heterocycles. The van der Waals surface area contributed by atoms with Gasteiger partial charge in [0.05, 0.1) is 16.8 Å². The van der Waals surface area contributed by atoms with Gasteiger partial charge in [-0.15, -0.1) is 5.10 Å². The van der Waals surface area contributed by atoms with Crippen LogP contribution in [0.15, 0.2) is 48.5 Å². The van der Waals surface area contributed by atoms with Crippen molar-refractivity contribution in [3.05, 3.63) is 59.9 Å². The van der Waals surface area contributed by atoms with Crippen LogP contribution in [0.2, 0.25) is 0 Å². The second kappa shape index (κ2) is 7.09. The van der Waals surface area contributed by atoms with E-state index in [1.54, 1.807) is 16.8 Å². The Morgan fingerprint density at radius 1 is 1.03 bits per heavy atom. The molecule has 5 rings (SSSR count). The molecule has 6 nitrogen and oxygen atoms in total. The molecule has 152 valence electrons. The summed E-state index contributed by atoms with van der Waals surface area (Å²) in [5.74, 6) is 1.12. The highest BCUT2D eigenvalue weighted by atomic mass is 19.1. The van der Waals surface area contributed by atoms with E-state index in [0.29, 0.717) is 40.4 Å². The Labute approximate surface area is 174 Å². The third kappa shape index (κ3) is 3.36. The number of aromatic nitrogens is 4. The lowest BCUT2D eigenvalue weighted by atomic mass is 10.00. The van der Waals surface area contributed by atoms with Crippen molar-refractivity contribution in [3.63, 3.8) is 0 Å². The fourth-order valence-corrected chi connectivity index (χ4v) is 3.50. The summed E-state index contributed by atoms with van der Waals surface area (Å²) in [5, 5.41) is 8.66. The lowest BCUT2D eigenvalue weighted by molar-refractivity contribution is 0.627. The predicted octanol–water partition coefficient (Wildman–Crippen LogP) is 4.90. The summed E-state index contributed by atoms with van der Waals surface area (Å²) in [6, 6.07) is 14.8. The Bertz CT molecular complexity index is 1210. The van der Waals surface area contributed by atoms with E-state index in [-0.39, 0.29) is 5.82 Å². The number of rotatable bonds is 5. The van der Waals surface area contributed by atoms with Crippen molar-refractivity contribution in [2.45, 2.75) is 38.6 Å². The number of fused-ring (bicyclic) bond motifs is 1.